The number of nitrogens with zero attached hydrogens (tertiary/aromatic N) is 1. The first kappa shape index (κ1) is 23.6. The topological polar surface area (TPSA) is 57.5 Å². The van der Waals surface area contributed by atoms with E-state index in [-0.39, 0.29) is 36.1 Å². The smallest absolute Gasteiger partial charge is 0.287 e. The minimum absolute atomic E-state index is 0. The minimum Gasteiger partial charge on any atom is -0.459 e. The molecule has 1 saturated heterocycles. The van der Waals surface area contributed by atoms with Gasteiger partial charge in [-0.1, -0.05) is 25.1 Å². The summed E-state index contributed by atoms with van der Waals surface area (Å²) in [7, 11) is 0. The molecule has 1 aromatic heterocycles. The number of amides is 1. The molecule has 0 bridgehead atoms. The normalized spacial score (nSPS) is 19.7. The first-order chi connectivity index (χ1) is 13.1. The Hall–Kier alpha value is -1.69. The summed E-state index contributed by atoms with van der Waals surface area (Å²) in [5, 5.41) is 6.49. The second-order valence-electron chi connectivity index (χ2n) is 8.33. The molecule has 7 heteroatoms. The summed E-state index contributed by atoms with van der Waals surface area (Å²) < 4.78 is 5.58. The molecule has 2 N–H and O–H groups in total. The fourth-order valence-corrected chi connectivity index (χ4v) is 4.29. The maximum atomic E-state index is 12.8. The number of piperidine rings is 1. The molecule has 1 fully saturated rings. The molecular weight excluding hydrogens is 409 g/mol. The number of furan rings is 1. The van der Waals surface area contributed by atoms with Gasteiger partial charge in [0, 0.05) is 30.4 Å². The van der Waals surface area contributed by atoms with Gasteiger partial charge in [-0.2, -0.15) is 0 Å². The fraction of sp³-hybridized carbons (Fsp3) is 0.500. The predicted octanol–water partition coefficient (Wildman–Crippen LogP) is 4.19. The number of rotatable bonds is 5. The van der Waals surface area contributed by atoms with Crippen molar-refractivity contribution >= 4 is 36.4 Å². The number of nitrogens with one attached hydrogen (secondary N) is 2. The molecule has 1 unspecified atom stereocenters. The molecule has 1 amide bonds. The van der Waals surface area contributed by atoms with E-state index >= 15 is 0 Å². The third kappa shape index (κ3) is 5.08. The first-order valence-corrected chi connectivity index (χ1v) is 9.96. The highest BCUT2D eigenvalue weighted by Crippen LogP contribution is 2.33. The maximum Gasteiger partial charge on any atom is 0.287 e. The van der Waals surface area contributed by atoms with Gasteiger partial charge in [0.15, 0.2) is 5.76 Å². The highest BCUT2D eigenvalue weighted by atomic mass is 35.5. The third-order valence-electron chi connectivity index (χ3n) is 6.13. The molecule has 0 spiro atoms. The number of fused-ring (bicyclic) bond motifs is 1. The van der Waals surface area contributed by atoms with Crippen molar-refractivity contribution in [3.05, 3.63) is 53.5 Å². The van der Waals surface area contributed by atoms with Crippen LogP contribution in [0.2, 0.25) is 0 Å². The van der Waals surface area contributed by atoms with Gasteiger partial charge in [0.25, 0.3) is 5.91 Å². The van der Waals surface area contributed by atoms with Crippen molar-refractivity contribution in [3.63, 3.8) is 0 Å². The van der Waals surface area contributed by atoms with Crippen LogP contribution in [0.25, 0.3) is 0 Å². The summed E-state index contributed by atoms with van der Waals surface area (Å²) in [5.41, 5.74) is 3.75. The van der Waals surface area contributed by atoms with E-state index < -0.39 is 0 Å². The Labute approximate surface area is 185 Å². The second-order valence-corrected chi connectivity index (χ2v) is 8.33. The fourth-order valence-electron chi connectivity index (χ4n) is 4.29. The van der Waals surface area contributed by atoms with Gasteiger partial charge in [0.05, 0.1) is 6.26 Å². The number of carbonyl (C=O) groups excluding carboxylic acids is 1. The number of para-hydroxylation sites is 1. The average molecular weight is 440 g/mol. The molecule has 1 aromatic carbocycles. The lowest BCUT2D eigenvalue weighted by Gasteiger charge is -2.34. The molecule has 29 heavy (non-hydrogen) atoms. The molecule has 4 rings (SSSR count). The summed E-state index contributed by atoms with van der Waals surface area (Å²) in [4.78, 5) is 15.1. The molecule has 0 aliphatic carbocycles. The van der Waals surface area contributed by atoms with Crippen LogP contribution in [0.15, 0.2) is 41.0 Å². The van der Waals surface area contributed by atoms with Gasteiger partial charge in [-0.3, -0.25) is 4.79 Å². The Kier molecular flexibility index (Phi) is 8.03. The SMILES string of the molecule is CC1Cc2ccccc2N1Cc1ccoc1C(=O)NCC1(C)CCNCC1.Cl.Cl. The Bertz CT molecular complexity index is 818. The molecule has 0 radical (unpaired) electrons. The lowest BCUT2D eigenvalue weighted by Crippen LogP contribution is -2.43. The number of benzene rings is 1. The Balaban J connectivity index is 0.00000150. The van der Waals surface area contributed by atoms with Crippen molar-refractivity contribution in [2.75, 3.05) is 24.5 Å². The zero-order valence-electron chi connectivity index (χ0n) is 17.1. The summed E-state index contributed by atoms with van der Waals surface area (Å²) in [5.74, 6) is 0.346. The Morgan fingerprint density at radius 1 is 1.24 bits per heavy atom. The van der Waals surface area contributed by atoms with Crippen molar-refractivity contribution < 1.29 is 9.21 Å². The van der Waals surface area contributed by atoms with Gasteiger partial charge in [-0.15, -0.1) is 24.8 Å². The molecule has 2 aliphatic rings. The number of hydrogen-bond donors (Lipinski definition) is 2. The van der Waals surface area contributed by atoms with E-state index in [2.05, 4.69) is 53.6 Å². The summed E-state index contributed by atoms with van der Waals surface area (Å²) >= 11 is 0. The van der Waals surface area contributed by atoms with E-state index in [0.29, 0.717) is 24.9 Å². The summed E-state index contributed by atoms with van der Waals surface area (Å²) in [6.07, 6.45) is 4.84. The molecule has 2 aliphatic heterocycles. The summed E-state index contributed by atoms with van der Waals surface area (Å²) in [6.45, 7) is 7.91. The van der Waals surface area contributed by atoms with Crippen LogP contribution in [-0.2, 0) is 13.0 Å². The number of hydrogen-bond acceptors (Lipinski definition) is 4. The van der Waals surface area contributed by atoms with Crippen molar-refractivity contribution in [1.29, 1.82) is 0 Å². The van der Waals surface area contributed by atoms with Gasteiger partial charge in [-0.05, 0) is 62.4 Å². The van der Waals surface area contributed by atoms with E-state index in [1.807, 2.05) is 6.07 Å². The molecule has 160 valence electrons. The van der Waals surface area contributed by atoms with Gasteiger partial charge < -0.3 is 20.0 Å². The number of anilines is 1. The van der Waals surface area contributed by atoms with Gasteiger partial charge in [0.2, 0.25) is 0 Å². The van der Waals surface area contributed by atoms with E-state index in [4.69, 9.17) is 4.42 Å². The van der Waals surface area contributed by atoms with Gasteiger partial charge in [0.1, 0.15) is 0 Å². The molecule has 1 atom stereocenters. The number of carbonyl (C=O) groups is 1. The van der Waals surface area contributed by atoms with Crippen LogP contribution in [0.4, 0.5) is 5.69 Å². The first-order valence-electron chi connectivity index (χ1n) is 9.96. The quantitative estimate of drug-likeness (QED) is 0.732. The highest BCUT2D eigenvalue weighted by molar-refractivity contribution is 5.93. The third-order valence-corrected chi connectivity index (χ3v) is 6.13. The molecule has 3 heterocycles. The standard InChI is InChI=1S/C22H29N3O2.2ClH/c1-16-13-17-5-3-4-6-19(17)25(16)14-18-7-12-27-20(18)21(26)24-15-22(2)8-10-23-11-9-22;;/h3-7,12,16,23H,8-11,13-15H2,1-2H3,(H,24,26);2*1H. The van der Waals surface area contributed by atoms with Crippen LogP contribution in [0.1, 0.15) is 48.4 Å². The molecule has 2 aromatic rings. The zero-order valence-corrected chi connectivity index (χ0v) is 18.7. The maximum absolute atomic E-state index is 12.8. The molecular formula is C22H31Cl2N3O2. The lowest BCUT2D eigenvalue weighted by molar-refractivity contribution is 0.0893. The zero-order chi connectivity index (χ0) is 18.9. The van der Waals surface area contributed by atoms with Crippen LogP contribution in [-0.4, -0.2) is 31.6 Å². The van der Waals surface area contributed by atoms with Crippen molar-refractivity contribution in [3.8, 4) is 0 Å². The van der Waals surface area contributed by atoms with E-state index in [1.54, 1.807) is 6.26 Å². The van der Waals surface area contributed by atoms with E-state index in [9.17, 15) is 4.79 Å². The minimum atomic E-state index is -0.102. The Morgan fingerprint density at radius 3 is 2.72 bits per heavy atom. The number of halogens is 2. The van der Waals surface area contributed by atoms with Crippen molar-refractivity contribution in [1.82, 2.24) is 10.6 Å². The van der Waals surface area contributed by atoms with Crippen LogP contribution in [0.3, 0.4) is 0 Å². The predicted molar refractivity (Wildman–Crippen MR) is 122 cm³/mol. The van der Waals surface area contributed by atoms with Gasteiger partial charge in [-0.25, -0.2) is 0 Å². The molecule has 5 nitrogen and oxygen atoms in total. The van der Waals surface area contributed by atoms with Crippen molar-refractivity contribution in [2.24, 2.45) is 5.41 Å². The molecule has 0 saturated carbocycles. The van der Waals surface area contributed by atoms with Crippen LogP contribution >= 0.6 is 24.8 Å². The second kappa shape index (κ2) is 9.88. The van der Waals surface area contributed by atoms with Crippen molar-refractivity contribution in [2.45, 2.75) is 45.7 Å². The Morgan fingerprint density at radius 2 is 1.97 bits per heavy atom. The monoisotopic (exact) mass is 439 g/mol. The van der Waals surface area contributed by atoms with Crippen LogP contribution in [0, 0.1) is 5.41 Å². The van der Waals surface area contributed by atoms with E-state index in [1.165, 1.54) is 11.3 Å². The highest BCUT2D eigenvalue weighted by Gasteiger charge is 2.30. The van der Waals surface area contributed by atoms with E-state index in [0.717, 1.165) is 37.9 Å². The van der Waals surface area contributed by atoms with Crippen LogP contribution in [0.5, 0.6) is 0 Å². The largest absolute Gasteiger partial charge is 0.459 e. The van der Waals surface area contributed by atoms with Gasteiger partial charge >= 0.3 is 0 Å². The average Bonchev–Trinajstić information content (AvgIpc) is 3.26. The summed E-state index contributed by atoms with van der Waals surface area (Å²) in [6, 6.07) is 10.9. The lowest BCUT2D eigenvalue weighted by atomic mass is 9.81. The van der Waals surface area contributed by atoms with Crippen LogP contribution < -0.4 is 15.5 Å².